The van der Waals surface area contributed by atoms with E-state index < -0.39 is 5.97 Å². The monoisotopic (exact) mass is 339 g/mol. The van der Waals surface area contributed by atoms with E-state index in [0.717, 1.165) is 26.1 Å². The fourth-order valence-electron chi connectivity index (χ4n) is 2.55. The van der Waals surface area contributed by atoms with Crippen LogP contribution >= 0.6 is 11.6 Å². The molecule has 2 rings (SSSR count). The van der Waals surface area contributed by atoms with Gasteiger partial charge in [0.25, 0.3) is 0 Å². The van der Waals surface area contributed by atoms with Crippen molar-refractivity contribution in [3.8, 4) is 0 Å². The van der Waals surface area contributed by atoms with E-state index in [0.29, 0.717) is 29.4 Å². The number of hydrogen-bond acceptors (Lipinski definition) is 4. The summed E-state index contributed by atoms with van der Waals surface area (Å²) < 4.78 is 4.68. The van der Waals surface area contributed by atoms with E-state index in [2.05, 4.69) is 21.9 Å². The van der Waals surface area contributed by atoms with Crippen molar-refractivity contribution in [2.75, 3.05) is 45.2 Å². The molecule has 1 aromatic rings. The van der Waals surface area contributed by atoms with Crippen LogP contribution < -0.4 is 5.32 Å². The quantitative estimate of drug-likeness (QED) is 0.857. The Morgan fingerprint density at radius 3 is 2.57 bits per heavy atom. The Morgan fingerprint density at radius 2 is 1.96 bits per heavy atom. The second-order valence-electron chi connectivity index (χ2n) is 5.45. The second kappa shape index (κ2) is 8.17. The predicted octanol–water partition coefficient (Wildman–Crippen LogP) is 2.69. The van der Waals surface area contributed by atoms with Gasteiger partial charge in [-0.25, -0.2) is 9.59 Å². The van der Waals surface area contributed by atoms with Crippen LogP contribution in [0.3, 0.4) is 0 Å². The highest BCUT2D eigenvalue weighted by Crippen LogP contribution is 2.24. The lowest BCUT2D eigenvalue weighted by Gasteiger charge is -2.34. The fourth-order valence-corrected chi connectivity index (χ4v) is 2.72. The molecule has 0 atom stereocenters. The molecule has 7 heteroatoms. The number of urea groups is 1. The summed E-state index contributed by atoms with van der Waals surface area (Å²) in [5, 5.41) is 3.16. The van der Waals surface area contributed by atoms with Crippen LogP contribution in [0.25, 0.3) is 0 Å². The molecule has 1 fully saturated rings. The Hall–Kier alpha value is -1.79. The summed E-state index contributed by atoms with van der Waals surface area (Å²) in [4.78, 5) is 28.0. The Morgan fingerprint density at radius 1 is 1.26 bits per heavy atom. The summed E-state index contributed by atoms with van der Waals surface area (Å²) in [5.41, 5.74) is 0.760. The maximum Gasteiger partial charge on any atom is 0.337 e. The molecular formula is C16H22ClN3O3. The van der Waals surface area contributed by atoms with Crippen LogP contribution in [0.1, 0.15) is 23.7 Å². The zero-order valence-electron chi connectivity index (χ0n) is 13.5. The minimum atomic E-state index is -0.467. The van der Waals surface area contributed by atoms with Crippen molar-refractivity contribution < 1.29 is 14.3 Å². The Labute approximate surface area is 141 Å². The van der Waals surface area contributed by atoms with Crippen LogP contribution in [-0.4, -0.2) is 61.6 Å². The van der Waals surface area contributed by atoms with E-state index in [4.69, 9.17) is 11.6 Å². The minimum absolute atomic E-state index is 0.204. The van der Waals surface area contributed by atoms with Gasteiger partial charge in [0.2, 0.25) is 0 Å². The van der Waals surface area contributed by atoms with Crippen molar-refractivity contribution in [1.29, 1.82) is 0 Å². The Bertz CT molecular complexity index is 572. The number of anilines is 1. The number of amides is 2. The normalized spacial score (nSPS) is 15.3. The van der Waals surface area contributed by atoms with Crippen LogP contribution in [0.5, 0.6) is 0 Å². The van der Waals surface area contributed by atoms with Gasteiger partial charge in [-0.1, -0.05) is 18.5 Å². The van der Waals surface area contributed by atoms with E-state index in [1.165, 1.54) is 13.2 Å². The number of halogens is 1. The van der Waals surface area contributed by atoms with Gasteiger partial charge in [0.1, 0.15) is 0 Å². The maximum atomic E-state index is 12.4. The molecule has 1 aliphatic heterocycles. The van der Waals surface area contributed by atoms with Crippen molar-refractivity contribution in [1.82, 2.24) is 9.80 Å². The van der Waals surface area contributed by atoms with Crippen molar-refractivity contribution >= 4 is 29.3 Å². The summed E-state index contributed by atoms with van der Waals surface area (Å²) in [6.07, 6.45) is 1.11. The van der Waals surface area contributed by atoms with Crippen molar-refractivity contribution in [3.05, 3.63) is 28.8 Å². The molecule has 0 aliphatic carbocycles. The van der Waals surface area contributed by atoms with E-state index in [9.17, 15) is 9.59 Å². The molecule has 1 saturated heterocycles. The standard InChI is InChI=1S/C16H22ClN3O3/c1-3-6-19-7-9-20(10-8-19)16(22)18-14-11-12(15(21)23-2)4-5-13(14)17/h4-5,11H,3,6-10H2,1-2H3,(H,18,22). The van der Waals surface area contributed by atoms with Gasteiger partial charge in [0.15, 0.2) is 0 Å². The third-order valence-electron chi connectivity index (χ3n) is 3.83. The summed E-state index contributed by atoms with van der Waals surface area (Å²) in [6.45, 7) is 6.31. The van der Waals surface area contributed by atoms with Gasteiger partial charge in [0.05, 0.1) is 23.4 Å². The number of nitrogens with one attached hydrogen (secondary N) is 1. The lowest BCUT2D eigenvalue weighted by molar-refractivity contribution is 0.0600. The van der Waals surface area contributed by atoms with Crippen LogP contribution in [-0.2, 0) is 4.74 Å². The first-order valence-corrected chi connectivity index (χ1v) is 8.09. The molecule has 6 nitrogen and oxygen atoms in total. The first-order valence-electron chi connectivity index (χ1n) is 7.71. The second-order valence-corrected chi connectivity index (χ2v) is 5.85. The summed E-state index contributed by atoms with van der Waals surface area (Å²) in [6, 6.07) is 4.46. The molecule has 0 radical (unpaired) electrons. The SMILES string of the molecule is CCCN1CCN(C(=O)Nc2cc(C(=O)OC)ccc2Cl)CC1. The van der Waals surface area contributed by atoms with Gasteiger partial charge in [-0.15, -0.1) is 0 Å². The number of rotatable bonds is 4. The number of esters is 1. The Kier molecular flexibility index (Phi) is 6.24. The zero-order valence-corrected chi connectivity index (χ0v) is 14.2. The third kappa shape index (κ3) is 4.59. The number of nitrogens with zero attached hydrogens (tertiary/aromatic N) is 2. The first kappa shape index (κ1) is 17.6. The number of benzene rings is 1. The molecule has 0 bridgehead atoms. The van der Waals surface area contributed by atoms with Crippen LogP contribution in [0, 0.1) is 0 Å². The van der Waals surface area contributed by atoms with Crippen molar-refractivity contribution in [2.45, 2.75) is 13.3 Å². The minimum Gasteiger partial charge on any atom is -0.465 e. The molecule has 1 aliphatic rings. The highest BCUT2D eigenvalue weighted by atomic mass is 35.5. The highest BCUT2D eigenvalue weighted by Gasteiger charge is 2.21. The number of carbonyl (C=O) groups is 2. The topological polar surface area (TPSA) is 61.9 Å². The number of carbonyl (C=O) groups excluding carboxylic acids is 2. The lowest BCUT2D eigenvalue weighted by Crippen LogP contribution is -2.50. The molecule has 1 aromatic carbocycles. The molecule has 0 aromatic heterocycles. The molecule has 1 heterocycles. The maximum absolute atomic E-state index is 12.4. The number of piperazine rings is 1. The molecule has 126 valence electrons. The van der Waals surface area contributed by atoms with E-state index in [1.807, 2.05) is 0 Å². The van der Waals surface area contributed by atoms with Crippen LogP contribution in [0.15, 0.2) is 18.2 Å². The number of hydrogen-bond donors (Lipinski definition) is 1. The third-order valence-corrected chi connectivity index (χ3v) is 4.16. The van der Waals surface area contributed by atoms with E-state index >= 15 is 0 Å². The zero-order chi connectivity index (χ0) is 16.8. The largest absolute Gasteiger partial charge is 0.465 e. The van der Waals surface area contributed by atoms with E-state index in [1.54, 1.807) is 17.0 Å². The number of methoxy groups -OCH3 is 1. The average Bonchev–Trinajstić information content (AvgIpc) is 2.57. The van der Waals surface area contributed by atoms with Crippen LogP contribution in [0.4, 0.5) is 10.5 Å². The summed E-state index contributed by atoms with van der Waals surface area (Å²) >= 11 is 6.10. The molecule has 0 spiro atoms. The summed E-state index contributed by atoms with van der Waals surface area (Å²) in [7, 11) is 1.31. The molecule has 1 N–H and O–H groups in total. The molecule has 0 saturated carbocycles. The summed E-state index contributed by atoms with van der Waals surface area (Å²) in [5.74, 6) is -0.467. The molecule has 0 unspecified atom stereocenters. The van der Waals surface area contributed by atoms with Gasteiger partial charge in [0, 0.05) is 26.2 Å². The van der Waals surface area contributed by atoms with Gasteiger partial charge in [-0.2, -0.15) is 0 Å². The first-order chi connectivity index (χ1) is 11.0. The molecule has 23 heavy (non-hydrogen) atoms. The Balaban J connectivity index is 1.99. The highest BCUT2D eigenvalue weighted by molar-refractivity contribution is 6.33. The smallest absolute Gasteiger partial charge is 0.337 e. The fraction of sp³-hybridized carbons (Fsp3) is 0.500. The predicted molar refractivity (Wildman–Crippen MR) is 90.1 cm³/mol. The van der Waals surface area contributed by atoms with Gasteiger partial charge in [-0.3, -0.25) is 4.90 Å². The van der Waals surface area contributed by atoms with Gasteiger partial charge < -0.3 is 15.0 Å². The average molecular weight is 340 g/mol. The van der Waals surface area contributed by atoms with Crippen molar-refractivity contribution in [2.24, 2.45) is 0 Å². The lowest BCUT2D eigenvalue weighted by atomic mass is 10.2. The van der Waals surface area contributed by atoms with E-state index in [-0.39, 0.29) is 6.03 Å². The van der Waals surface area contributed by atoms with Gasteiger partial charge in [-0.05, 0) is 31.2 Å². The number of ether oxygens (including phenoxy) is 1. The molecular weight excluding hydrogens is 318 g/mol. The van der Waals surface area contributed by atoms with Crippen molar-refractivity contribution in [3.63, 3.8) is 0 Å². The van der Waals surface area contributed by atoms with Gasteiger partial charge >= 0.3 is 12.0 Å². The van der Waals surface area contributed by atoms with Crippen LogP contribution in [0.2, 0.25) is 5.02 Å². The molecule has 2 amide bonds.